The minimum atomic E-state index is -0.201. The molecule has 0 spiro atoms. The number of thiazole rings is 1. The summed E-state index contributed by atoms with van der Waals surface area (Å²) in [6, 6.07) is 0. The third-order valence-electron chi connectivity index (χ3n) is 3.07. The van der Waals surface area contributed by atoms with Gasteiger partial charge in [-0.3, -0.25) is 4.79 Å². The average molecular weight is 239 g/mol. The lowest BCUT2D eigenvalue weighted by atomic mass is 10.0. The van der Waals surface area contributed by atoms with Crippen LogP contribution in [0.15, 0.2) is 6.20 Å². The van der Waals surface area contributed by atoms with E-state index in [4.69, 9.17) is 4.74 Å². The molecular formula is C12H17NO2S. The highest BCUT2D eigenvalue weighted by Crippen LogP contribution is 2.43. The fraction of sp³-hybridized carbons (Fsp3) is 0.667. The monoisotopic (exact) mass is 239 g/mol. The van der Waals surface area contributed by atoms with Gasteiger partial charge in [0.1, 0.15) is 10.6 Å². The van der Waals surface area contributed by atoms with Gasteiger partial charge in [-0.05, 0) is 19.8 Å². The van der Waals surface area contributed by atoms with Crippen molar-refractivity contribution in [1.82, 2.24) is 4.98 Å². The highest BCUT2D eigenvalue weighted by molar-refractivity contribution is 7.13. The fourth-order valence-electron chi connectivity index (χ4n) is 2.29. The Morgan fingerprint density at radius 3 is 2.75 bits per heavy atom. The van der Waals surface area contributed by atoms with Crippen LogP contribution in [0.5, 0.6) is 0 Å². The van der Waals surface area contributed by atoms with E-state index in [1.54, 1.807) is 13.1 Å². The molecular weight excluding hydrogens is 222 g/mol. The first-order valence-corrected chi connectivity index (χ1v) is 6.61. The van der Waals surface area contributed by atoms with Crippen molar-refractivity contribution >= 4 is 17.1 Å². The van der Waals surface area contributed by atoms with Crippen LogP contribution in [0.2, 0.25) is 0 Å². The van der Waals surface area contributed by atoms with Gasteiger partial charge >= 0.3 is 0 Å². The van der Waals surface area contributed by atoms with E-state index in [1.165, 1.54) is 24.2 Å². The van der Waals surface area contributed by atoms with Gasteiger partial charge in [0.05, 0.1) is 4.88 Å². The second kappa shape index (κ2) is 4.63. The molecule has 1 aromatic rings. The predicted molar refractivity (Wildman–Crippen MR) is 63.9 cm³/mol. The van der Waals surface area contributed by atoms with Crippen LogP contribution in [0.3, 0.4) is 0 Å². The molecule has 1 aliphatic carbocycles. The molecule has 2 rings (SSSR count). The van der Waals surface area contributed by atoms with Crippen LogP contribution in [0.1, 0.15) is 54.2 Å². The zero-order valence-electron chi connectivity index (χ0n) is 9.78. The number of ketones is 1. The summed E-state index contributed by atoms with van der Waals surface area (Å²) in [5, 5.41) is 0.983. The van der Waals surface area contributed by atoms with Gasteiger partial charge in [0.25, 0.3) is 0 Å². The van der Waals surface area contributed by atoms with Crippen LogP contribution in [-0.2, 0) is 10.3 Å². The SMILES string of the molecule is CCOC1(c2ncc(C(C)=O)s2)CCCC1. The lowest BCUT2D eigenvalue weighted by molar-refractivity contribution is -0.0391. The number of hydrogen-bond acceptors (Lipinski definition) is 4. The molecule has 0 aliphatic heterocycles. The molecule has 0 aromatic carbocycles. The highest BCUT2D eigenvalue weighted by atomic mass is 32.1. The van der Waals surface area contributed by atoms with Crippen molar-refractivity contribution in [3.8, 4) is 0 Å². The van der Waals surface area contributed by atoms with E-state index in [0.717, 1.165) is 22.7 Å². The molecule has 1 aromatic heterocycles. The summed E-state index contributed by atoms with van der Waals surface area (Å²) >= 11 is 1.49. The molecule has 0 N–H and O–H groups in total. The molecule has 3 nitrogen and oxygen atoms in total. The summed E-state index contributed by atoms with van der Waals surface area (Å²) < 4.78 is 5.91. The van der Waals surface area contributed by atoms with E-state index >= 15 is 0 Å². The van der Waals surface area contributed by atoms with Crippen molar-refractivity contribution < 1.29 is 9.53 Å². The fourth-order valence-corrected chi connectivity index (χ4v) is 3.30. The van der Waals surface area contributed by atoms with Crippen LogP contribution in [0.25, 0.3) is 0 Å². The van der Waals surface area contributed by atoms with E-state index in [1.807, 2.05) is 6.92 Å². The Hall–Kier alpha value is -0.740. The summed E-state index contributed by atoms with van der Waals surface area (Å²) in [5.41, 5.74) is -0.201. The van der Waals surface area contributed by atoms with E-state index in [2.05, 4.69) is 4.98 Å². The molecule has 1 saturated carbocycles. The Morgan fingerprint density at radius 1 is 1.56 bits per heavy atom. The van der Waals surface area contributed by atoms with Gasteiger partial charge in [-0.25, -0.2) is 4.98 Å². The number of nitrogens with zero attached hydrogens (tertiary/aromatic N) is 1. The summed E-state index contributed by atoms with van der Waals surface area (Å²) in [4.78, 5) is 16.4. The number of hydrogen-bond donors (Lipinski definition) is 0. The largest absolute Gasteiger partial charge is 0.368 e. The Bertz CT molecular complexity index is 380. The Kier molecular flexibility index (Phi) is 3.40. The second-order valence-corrected chi connectivity index (χ2v) is 5.25. The van der Waals surface area contributed by atoms with E-state index in [-0.39, 0.29) is 11.4 Å². The van der Waals surface area contributed by atoms with Crippen molar-refractivity contribution in [2.75, 3.05) is 6.61 Å². The minimum Gasteiger partial charge on any atom is -0.368 e. The van der Waals surface area contributed by atoms with Gasteiger partial charge in [-0.1, -0.05) is 12.8 Å². The first-order valence-electron chi connectivity index (χ1n) is 5.79. The van der Waals surface area contributed by atoms with Crippen molar-refractivity contribution in [2.24, 2.45) is 0 Å². The van der Waals surface area contributed by atoms with Gasteiger partial charge in [0.15, 0.2) is 5.78 Å². The molecule has 0 saturated heterocycles. The Balaban J connectivity index is 2.28. The van der Waals surface area contributed by atoms with E-state index < -0.39 is 0 Å². The van der Waals surface area contributed by atoms with Gasteiger partial charge < -0.3 is 4.74 Å². The van der Waals surface area contributed by atoms with Crippen LogP contribution >= 0.6 is 11.3 Å². The molecule has 0 amide bonds. The van der Waals surface area contributed by atoms with Crippen molar-refractivity contribution in [1.29, 1.82) is 0 Å². The molecule has 0 atom stereocenters. The molecule has 0 unspecified atom stereocenters. The highest BCUT2D eigenvalue weighted by Gasteiger charge is 2.39. The maximum atomic E-state index is 11.3. The van der Waals surface area contributed by atoms with Crippen molar-refractivity contribution in [2.45, 2.75) is 45.1 Å². The van der Waals surface area contributed by atoms with Gasteiger partial charge in [-0.2, -0.15) is 0 Å². The Morgan fingerprint density at radius 2 is 2.25 bits per heavy atom. The first kappa shape index (κ1) is 11.7. The van der Waals surface area contributed by atoms with Crippen LogP contribution in [0, 0.1) is 0 Å². The quantitative estimate of drug-likeness (QED) is 0.758. The molecule has 88 valence electrons. The molecule has 4 heteroatoms. The number of rotatable bonds is 4. The van der Waals surface area contributed by atoms with E-state index in [9.17, 15) is 4.79 Å². The molecule has 0 bridgehead atoms. The van der Waals surface area contributed by atoms with Gasteiger partial charge in [-0.15, -0.1) is 11.3 Å². The second-order valence-electron chi connectivity index (χ2n) is 4.22. The van der Waals surface area contributed by atoms with Crippen LogP contribution < -0.4 is 0 Å². The molecule has 16 heavy (non-hydrogen) atoms. The molecule has 1 aliphatic rings. The lowest BCUT2D eigenvalue weighted by Crippen LogP contribution is -2.25. The summed E-state index contributed by atoms with van der Waals surface area (Å²) in [6.45, 7) is 4.30. The number of Topliss-reactive ketones (excluding diaryl/α,β-unsaturated/α-hetero) is 1. The summed E-state index contributed by atoms with van der Waals surface area (Å²) in [6.07, 6.45) is 6.13. The molecule has 1 fully saturated rings. The van der Waals surface area contributed by atoms with E-state index in [0.29, 0.717) is 6.61 Å². The lowest BCUT2D eigenvalue weighted by Gasteiger charge is -2.26. The predicted octanol–water partition coefficient (Wildman–Crippen LogP) is 3.15. The summed E-state index contributed by atoms with van der Waals surface area (Å²) in [7, 11) is 0. The number of carbonyl (C=O) groups is 1. The number of aromatic nitrogens is 1. The van der Waals surface area contributed by atoms with Crippen molar-refractivity contribution in [3.63, 3.8) is 0 Å². The first-order chi connectivity index (χ1) is 7.68. The third kappa shape index (κ3) is 2.04. The zero-order valence-corrected chi connectivity index (χ0v) is 10.6. The van der Waals surface area contributed by atoms with Gasteiger partial charge in [0.2, 0.25) is 0 Å². The zero-order chi connectivity index (χ0) is 11.6. The number of ether oxygens (including phenoxy) is 1. The third-order valence-corrected chi connectivity index (χ3v) is 4.36. The maximum Gasteiger partial charge on any atom is 0.171 e. The topological polar surface area (TPSA) is 39.2 Å². The van der Waals surface area contributed by atoms with Crippen LogP contribution in [-0.4, -0.2) is 17.4 Å². The normalized spacial score (nSPS) is 18.9. The van der Waals surface area contributed by atoms with Gasteiger partial charge in [0, 0.05) is 19.7 Å². The molecule has 1 heterocycles. The summed E-state index contributed by atoms with van der Waals surface area (Å²) in [5.74, 6) is 0.0911. The molecule has 0 radical (unpaired) electrons. The van der Waals surface area contributed by atoms with Crippen LogP contribution in [0.4, 0.5) is 0 Å². The average Bonchev–Trinajstić information content (AvgIpc) is 2.85. The standard InChI is InChI=1S/C12H17NO2S/c1-3-15-12(6-4-5-7-12)11-13-8-10(16-11)9(2)14/h8H,3-7H2,1-2H3. The minimum absolute atomic E-state index is 0.0911. The van der Waals surface area contributed by atoms with Crippen molar-refractivity contribution in [3.05, 3.63) is 16.1 Å². The smallest absolute Gasteiger partial charge is 0.171 e. The Labute approximate surface area is 99.8 Å². The maximum absolute atomic E-state index is 11.3. The number of carbonyl (C=O) groups excluding carboxylic acids is 1.